The second-order valence-electron chi connectivity index (χ2n) is 14.5. The summed E-state index contributed by atoms with van der Waals surface area (Å²) in [6, 6.07) is 0. The maximum Gasteiger partial charge on any atom is 0.309 e. The van der Waals surface area contributed by atoms with Gasteiger partial charge in [0.15, 0.2) is 0 Å². The van der Waals surface area contributed by atoms with Crippen LogP contribution in [0.3, 0.4) is 0 Å². The van der Waals surface area contributed by atoms with Gasteiger partial charge in [-0.1, -0.05) is 117 Å². The van der Waals surface area contributed by atoms with Gasteiger partial charge in [-0.3, -0.25) is 9.59 Å². The van der Waals surface area contributed by atoms with Crippen molar-refractivity contribution in [1.82, 2.24) is 0 Å². The summed E-state index contributed by atoms with van der Waals surface area (Å²) in [5.74, 6) is -1.35. The molecule has 7 heteroatoms. The molecular formula is C38H66O7. The molecule has 45 heavy (non-hydrogen) atoms. The van der Waals surface area contributed by atoms with Gasteiger partial charge in [0.25, 0.3) is 0 Å². The molecule has 3 heterocycles. The van der Waals surface area contributed by atoms with Crippen LogP contribution >= 0.6 is 0 Å². The summed E-state index contributed by atoms with van der Waals surface area (Å²) in [6.45, 7) is 5.37. The molecule has 0 radical (unpaired) electrons. The highest BCUT2D eigenvalue weighted by molar-refractivity contribution is 5.82. The molecule has 0 N–H and O–H groups in total. The van der Waals surface area contributed by atoms with Gasteiger partial charge in [-0.2, -0.15) is 0 Å². The quantitative estimate of drug-likeness (QED) is 0.0482. The molecule has 4 aliphatic rings. The Morgan fingerprint density at radius 2 is 0.800 bits per heavy atom. The van der Waals surface area contributed by atoms with Crippen molar-refractivity contribution >= 4 is 11.9 Å². The summed E-state index contributed by atoms with van der Waals surface area (Å²) in [5, 5.41) is 0. The maximum absolute atomic E-state index is 12.9. The number of carbonyl (C=O) groups is 2. The van der Waals surface area contributed by atoms with Crippen LogP contribution in [0.5, 0.6) is 0 Å². The Bertz CT molecular complexity index is 767. The van der Waals surface area contributed by atoms with E-state index in [9.17, 15) is 9.59 Å². The average Bonchev–Trinajstić information content (AvgIpc) is 3.95. The second kappa shape index (κ2) is 20.9. The van der Waals surface area contributed by atoms with Crippen molar-refractivity contribution < 1.29 is 33.3 Å². The van der Waals surface area contributed by atoms with Crippen LogP contribution in [-0.4, -0.2) is 61.8 Å². The van der Waals surface area contributed by atoms with Crippen LogP contribution in [0.4, 0.5) is 0 Å². The highest BCUT2D eigenvalue weighted by Crippen LogP contribution is 2.44. The average molecular weight is 635 g/mol. The summed E-state index contributed by atoms with van der Waals surface area (Å²) < 4.78 is 28.6. The summed E-state index contributed by atoms with van der Waals surface area (Å²) in [6.07, 6.45) is 30.0. The molecule has 0 aromatic carbocycles. The molecule has 8 unspecified atom stereocenters. The molecule has 7 nitrogen and oxygen atoms in total. The predicted octanol–water partition coefficient (Wildman–Crippen LogP) is 9.02. The Hall–Kier alpha value is -1.18. The molecule has 0 aromatic heterocycles. The summed E-state index contributed by atoms with van der Waals surface area (Å²) in [5.41, 5.74) is 0. The van der Waals surface area contributed by atoms with Crippen molar-refractivity contribution in [2.75, 3.05) is 13.2 Å². The molecule has 1 aliphatic carbocycles. The Kier molecular flexibility index (Phi) is 17.0. The van der Waals surface area contributed by atoms with Gasteiger partial charge >= 0.3 is 11.9 Å². The lowest BCUT2D eigenvalue weighted by Crippen LogP contribution is -2.37. The Morgan fingerprint density at radius 1 is 0.467 bits per heavy atom. The smallest absolute Gasteiger partial charge is 0.309 e. The molecule has 4 rings (SSSR count). The minimum Gasteiger partial charge on any atom is -0.465 e. The molecule has 0 bridgehead atoms. The first-order chi connectivity index (χ1) is 22.1. The van der Waals surface area contributed by atoms with E-state index >= 15 is 0 Å². The number of rotatable bonds is 28. The van der Waals surface area contributed by atoms with Gasteiger partial charge in [-0.05, 0) is 51.4 Å². The normalized spacial score (nSPS) is 29.6. The Balaban J connectivity index is 0.955. The molecule has 8 atom stereocenters. The molecule has 0 spiro atoms. The highest BCUT2D eigenvalue weighted by atomic mass is 16.6. The number of unbranched alkanes of at least 4 members (excludes halogenated alkanes) is 14. The van der Waals surface area contributed by atoms with Gasteiger partial charge in [-0.15, -0.1) is 0 Å². The third kappa shape index (κ3) is 14.2. The first-order valence-electron chi connectivity index (χ1n) is 19.4. The maximum atomic E-state index is 12.9. The van der Waals surface area contributed by atoms with Crippen molar-refractivity contribution in [3.05, 3.63) is 0 Å². The monoisotopic (exact) mass is 634 g/mol. The number of hydrogen-bond donors (Lipinski definition) is 0. The predicted molar refractivity (Wildman–Crippen MR) is 177 cm³/mol. The minimum absolute atomic E-state index is 0.109. The van der Waals surface area contributed by atoms with E-state index in [-0.39, 0.29) is 24.1 Å². The third-order valence-electron chi connectivity index (χ3n) is 10.6. The van der Waals surface area contributed by atoms with Crippen molar-refractivity contribution in [3.63, 3.8) is 0 Å². The van der Waals surface area contributed by atoms with E-state index in [1.54, 1.807) is 0 Å². The fraction of sp³-hybridized carbons (Fsp3) is 0.947. The van der Waals surface area contributed by atoms with E-state index in [1.165, 1.54) is 116 Å². The van der Waals surface area contributed by atoms with Crippen LogP contribution in [0, 0.1) is 11.8 Å². The Labute approximate surface area is 274 Å². The van der Waals surface area contributed by atoms with Crippen LogP contribution in [0.25, 0.3) is 0 Å². The summed E-state index contributed by atoms with van der Waals surface area (Å²) in [4.78, 5) is 25.9. The number of fused-ring (bicyclic) bond motifs is 1. The van der Waals surface area contributed by atoms with E-state index in [0.29, 0.717) is 50.5 Å². The minimum atomic E-state index is -0.432. The molecule has 3 aliphatic heterocycles. The van der Waals surface area contributed by atoms with E-state index in [2.05, 4.69) is 13.8 Å². The standard InChI is InChI=1S/C38H66O7/c1-3-5-15-21-31-33(43-31)23-17-11-7-9-13-19-25-41-37(39)29-27-35-36(45-35)28-30(29)38(40)42-26-20-14-10-8-12-18-24-34-32(44-34)22-16-6-4-2/h29-36H,3-28H2,1-2H3. The number of hydrogen-bond acceptors (Lipinski definition) is 7. The Morgan fingerprint density at radius 3 is 1.18 bits per heavy atom. The zero-order valence-electron chi connectivity index (χ0n) is 28.9. The molecule has 260 valence electrons. The van der Waals surface area contributed by atoms with E-state index in [4.69, 9.17) is 23.7 Å². The number of esters is 2. The zero-order valence-corrected chi connectivity index (χ0v) is 28.9. The van der Waals surface area contributed by atoms with Crippen LogP contribution in [0.15, 0.2) is 0 Å². The van der Waals surface area contributed by atoms with Crippen LogP contribution in [-0.2, 0) is 33.3 Å². The van der Waals surface area contributed by atoms with E-state index < -0.39 is 11.8 Å². The van der Waals surface area contributed by atoms with Crippen LogP contribution < -0.4 is 0 Å². The van der Waals surface area contributed by atoms with Crippen molar-refractivity contribution in [2.24, 2.45) is 11.8 Å². The van der Waals surface area contributed by atoms with E-state index in [0.717, 1.165) is 25.7 Å². The number of ether oxygens (including phenoxy) is 5. The first kappa shape index (κ1) is 36.7. The molecule has 0 amide bonds. The lowest BCUT2D eigenvalue weighted by atomic mass is 9.79. The van der Waals surface area contributed by atoms with Crippen molar-refractivity contribution in [3.8, 4) is 0 Å². The van der Waals surface area contributed by atoms with Gasteiger partial charge in [-0.25, -0.2) is 0 Å². The zero-order chi connectivity index (χ0) is 31.7. The summed E-state index contributed by atoms with van der Waals surface area (Å²) >= 11 is 0. The van der Waals surface area contributed by atoms with Crippen LogP contribution in [0.2, 0.25) is 0 Å². The van der Waals surface area contributed by atoms with Gasteiger partial charge in [0.2, 0.25) is 0 Å². The second-order valence-corrected chi connectivity index (χ2v) is 14.5. The van der Waals surface area contributed by atoms with Crippen molar-refractivity contribution in [1.29, 1.82) is 0 Å². The summed E-state index contributed by atoms with van der Waals surface area (Å²) in [7, 11) is 0. The van der Waals surface area contributed by atoms with E-state index in [1.807, 2.05) is 0 Å². The number of epoxide rings is 3. The van der Waals surface area contributed by atoms with Crippen LogP contribution in [0.1, 0.15) is 168 Å². The van der Waals surface area contributed by atoms with Gasteiger partial charge in [0.1, 0.15) is 0 Å². The number of carbonyl (C=O) groups excluding carboxylic acids is 2. The van der Waals surface area contributed by atoms with Gasteiger partial charge < -0.3 is 23.7 Å². The lowest BCUT2D eigenvalue weighted by molar-refractivity contribution is -0.162. The molecule has 0 aromatic rings. The largest absolute Gasteiger partial charge is 0.465 e. The molecule has 1 saturated carbocycles. The fourth-order valence-electron chi connectivity index (χ4n) is 7.38. The third-order valence-corrected chi connectivity index (χ3v) is 10.6. The molecule has 4 fully saturated rings. The molecular weight excluding hydrogens is 568 g/mol. The lowest BCUT2D eigenvalue weighted by Gasteiger charge is -2.26. The molecule has 3 saturated heterocycles. The SMILES string of the molecule is CCCCCC1OC1CCCCCCCCOC(=O)C1CC2OC2CC1C(=O)OCCCCCCCCC1OC1CCCCC. The highest BCUT2D eigenvalue weighted by Gasteiger charge is 2.53. The topological polar surface area (TPSA) is 90.2 Å². The first-order valence-corrected chi connectivity index (χ1v) is 19.4. The fourth-order valence-corrected chi connectivity index (χ4v) is 7.38. The van der Waals surface area contributed by atoms with Crippen molar-refractivity contribution in [2.45, 2.75) is 205 Å². The van der Waals surface area contributed by atoms with Gasteiger partial charge in [0, 0.05) is 0 Å². The van der Waals surface area contributed by atoms with Gasteiger partial charge in [0.05, 0.1) is 61.7 Å².